The van der Waals surface area contributed by atoms with Gasteiger partial charge in [0.1, 0.15) is 0 Å². The third-order valence-corrected chi connectivity index (χ3v) is 4.04. The molecule has 1 amide bonds. The van der Waals surface area contributed by atoms with Crippen LogP contribution in [0.2, 0.25) is 0 Å². The number of β-amino-alcohol motifs (C(OH)–C–C–N with tert-alkyl or cyclic N) is 1. The molecule has 1 saturated heterocycles. The third-order valence-electron chi connectivity index (χ3n) is 4.04. The number of hydrogen-bond acceptors (Lipinski definition) is 3. The second kappa shape index (κ2) is 10.6. The molecule has 2 rings (SSSR count). The number of aliphatic imine (C=N–C) groups is 1. The van der Waals surface area contributed by atoms with Crippen molar-refractivity contribution in [2.24, 2.45) is 4.99 Å². The average Bonchev–Trinajstić information content (AvgIpc) is 3.00. The van der Waals surface area contributed by atoms with Crippen molar-refractivity contribution in [2.45, 2.75) is 25.9 Å². The first-order chi connectivity index (χ1) is 11.5. The molecule has 1 atom stereocenters. The second-order valence-electron chi connectivity index (χ2n) is 6.27. The number of guanidine groups is 1. The minimum atomic E-state index is -0.261. The number of nitrogens with zero attached hydrogens (tertiary/aromatic N) is 3. The molecule has 0 spiro atoms. The van der Waals surface area contributed by atoms with Crippen LogP contribution in [0.1, 0.15) is 29.3 Å². The fourth-order valence-electron chi connectivity index (χ4n) is 2.77. The number of hydrogen-bond donors (Lipinski definition) is 2. The molecule has 0 aromatic heterocycles. The molecule has 1 aliphatic rings. The quantitative estimate of drug-likeness (QED) is 0.398. The number of rotatable bonds is 5. The van der Waals surface area contributed by atoms with Crippen molar-refractivity contribution in [1.82, 2.24) is 15.1 Å². The van der Waals surface area contributed by atoms with Crippen LogP contribution in [0.3, 0.4) is 0 Å². The summed E-state index contributed by atoms with van der Waals surface area (Å²) in [6.07, 6.45) is 1.31. The number of carbonyl (C=O) groups excluding carboxylic acids is 1. The van der Waals surface area contributed by atoms with Gasteiger partial charge in [-0.25, -0.2) is 0 Å². The number of amides is 1. The molecule has 2 N–H and O–H groups in total. The summed E-state index contributed by atoms with van der Waals surface area (Å²) in [5, 5.41) is 13.0. The van der Waals surface area contributed by atoms with E-state index >= 15 is 0 Å². The number of likely N-dealkylation sites (tertiary alicyclic amines) is 1. The molecule has 0 radical (unpaired) electrons. The normalized spacial score (nSPS) is 17.2. The van der Waals surface area contributed by atoms with Crippen molar-refractivity contribution in [2.75, 3.05) is 40.3 Å². The van der Waals surface area contributed by atoms with Crippen LogP contribution in [-0.4, -0.2) is 73.2 Å². The summed E-state index contributed by atoms with van der Waals surface area (Å²) >= 11 is 0. The summed E-state index contributed by atoms with van der Waals surface area (Å²) in [5.41, 5.74) is 1.81. The first-order valence-electron chi connectivity index (χ1n) is 8.53. The van der Waals surface area contributed by atoms with E-state index in [-0.39, 0.29) is 36.0 Å². The van der Waals surface area contributed by atoms with Gasteiger partial charge in [-0.1, -0.05) is 12.1 Å². The molecule has 1 aromatic rings. The van der Waals surface area contributed by atoms with Gasteiger partial charge in [-0.2, -0.15) is 0 Å². The summed E-state index contributed by atoms with van der Waals surface area (Å²) in [7, 11) is 3.51. The van der Waals surface area contributed by atoms with E-state index in [1.54, 1.807) is 19.0 Å². The Kier molecular flexibility index (Phi) is 9.20. The van der Waals surface area contributed by atoms with Crippen LogP contribution < -0.4 is 5.32 Å². The van der Waals surface area contributed by atoms with Crippen LogP contribution in [-0.2, 0) is 6.42 Å². The molecular weight excluding hydrogens is 431 g/mol. The molecule has 1 aromatic carbocycles. The molecule has 0 saturated carbocycles. The van der Waals surface area contributed by atoms with E-state index in [2.05, 4.69) is 15.2 Å². The Balaban J connectivity index is 0.00000312. The Morgan fingerprint density at radius 3 is 2.80 bits per heavy atom. The van der Waals surface area contributed by atoms with Gasteiger partial charge < -0.3 is 20.2 Å². The van der Waals surface area contributed by atoms with Crippen LogP contribution in [0.15, 0.2) is 29.3 Å². The molecule has 0 aliphatic carbocycles. The topological polar surface area (TPSA) is 68.2 Å². The van der Waals surface area contributed by atoms with Gasteiger partial charge in [-0.3, -0.25) is 9.79 Å². The van der Waals surface area contributed by atoms with Gasteiger partial charge in [0.2, 0.25) is 0 Å². The lowest BCUT2D eigenvalue weighted by Crippen LogP contribution is -2.40. The molecule has 6 nitrogen and oxygen atoms in total. The van der Waals surface area contributed by atoms with Gasteiger partial charge in [0.25, 0.3) is 5.91 Å². The van der Waals surface area contributed by atoms with Crippen LogP contribution in [0, 0.1) is 0 Å². The predicted octanol–water partition coefficient (Wildman–Crippen LogP) is 1.58. The smallest absolute Gasteiger partial charge is 0.253 e. The van der Waals surface area contributed by atoms with E-state index in [1.807, 2.05) is 31.2 Å². The maximum absolute atomic E-state index is 12.0. The second-order valence-corrected chi connectivity index (χ2v) is 6.27. The van der Waals surface area contributed by atoms with Crippen molar-refractivity contribution in [3.63, 3.8) is 0 Å². The summed E-state index contributed by atoms with van der Waals surface area (Å²) in [5.74, 6) is 0.870. The van der Waals surface area contributed by atoms with E-state index in [0.717, 1.165) is 37.5 Å². The fourth-order valence-corrected chi connectivity index (χ4v) is 2.77. The van der Waals surface area contributed by atoms with E-state index in [9.17, 15) is 9.90 Å². The minimum absolute atomic E-state index is 0. The van der Waals surface area contributed by atoms with Crippen molar-refractivity contribution in [3.05, 3.63) is 35.4 Å². The average molecular weight is 460 g/mol. The van der Waals surface area contributed by atoms with Crippen LogP contribution in [0.4, 0.5) is 0 Å². The molecule has 1 aliphatic heterocycles. The highest BCUT2D eigenvalue weighted by Crippen LogP contribution is 2.10. The lowest BCUT2D eigenvalue weighted by atomic mass is 10.1. The van der Waals surface area contributed by atoms with E-state index < -0.39 is 0 Å². The van der Waals surface area contributed by atoms with Crippen molar-refractivity contribution < 1.29 is 9.90 Å². The van der Waals surface area contributed by atoms with Gasteiger partial charge >= 0.3 is 0 Å². The number of nitrogens with one attached hydrogen (secondary N) is 1. The summed E-state index contributed by atoms with van der Waals surface area (Å²) < 4.78 is 0. The summed E-state index contributed by atoms with van der Waals surface area (Å²) in [6.45, 7) is 4.96. The maximum Gasteiger partial charge on any atom is 0.253 e. The highest BCUT2D eigenvalue weighted by atomic mass is 127. The molecule has 0 unspecified atom stereocenters. The molecule has 1 heterocycles. The number of halogens is 1. The lowest BCUT2D eigenvalue weighted by Gasteiger charge is -2.20. The molecule has 25 heavy (non-hydrogen) atoms. The number of aliphatic hydroxyl groups is 1. The number of carbonyl (C=O) groups is 1. The number of benzene rings is 1. The standard InChI is InChI=1S/C18H28N4O2.HI/c1-4-19-18(22-11-9-16(23)13-22)20-10-8-14-6-5-7-15(12-14)17(24)21(2)3;/h5-7,12,16,23H,4,8-11,13H2,1-3H3,(H,19,20);1H/t16-;/m1./s1. The minimum Gasteiger partial charge on any atom is -0.391 e. The fraction of sp³-hybridized carbons (Fsp3) is 0.556. The largest absolute Gasteiger partial charge is 0.391 e. The molecule has 1 fully saturated rings. The van der Waals surface area contributed by atoms with Crippen molar-refractivity contribution >= 4 is 35.8 Å². The van der Waals surface area contributed by atoms with Gasteiger partial charge in [-0.05, 0) is 37.5 Å². The van der Waals surface area contributed by atoms with Crippen LogP contribution in [0.5, 0.6) is 0 Å². The molecular formula is C18H29IN4O2. The number of aliphatic hydroxyl groups excluding tert-OH is 1. The monoisotopic (exact) mass is 460 g/mol. The highest BCUT2D eigenvalue weighted by Gasteiger charge is 2.22. The Labute approximate surface area is 167 Å². The van der Waals surface area contributed by atoms with E-state index in [1.165, 1.54) is 0 Å². The third kappa shape index (κ3) is 6.47. The van der Waals surface area contributed by atoms with Crippen molar-refractivity contribution in [1.29, 1.82) is 0 Å². The van der Waals surface area contributed by atoms with Crippen molar-refractivity contribution in [3.8, 4) is 0 Å². The Bertz CT molecular complexity index is 592. The molecule has 140 valence electrons. The summed E-state index contributed by atoms with van der Waals surface area (Å²) in [4.78, 5) is 20.4. The zero-order valence-electron chi connectivity index (χ0n) is 15.2. The van der Waals surface area contributed by atoms with E-state index in [0.29, 0.717) is 18.7 Å². The molecule has 0 bridgehead atoms. The first kappa shape index (κ1) is 21.7. The first-order valence-corrected chi connectivity index (χ1v) is 8.53. The van der Waals surface area contributed by atoms with Gasteiger partial charge in [0, 0.05) is 45.8 Å². The zero-order chi connectivity index (χ0) is 17.5. The Hall–Kier alpha value is -1.35. The van der Waals surface area contributed by atoms with E-state index in [4.69, 9.17) is 0 Å². The van der Waals surface area contributed by atoms with Crippen LogP contribution >= 0.6 is 24.0 Å². The Morgan fingerprint density at radius 1 is 1.44 bits per heavy atom. The SMILES string of the molecule is CCNC(=NCCc1cccc(C(=O)N(C)C)c1)N1CC[C@@H](O)C1.I. The Morgan fingerprint density at radius 2 is 2.20 bits per heavy atom. The molecule has 7 heteroatoms. The lowest BCUT2D eigenvalue weighted by molar-refractivity contribution is 0.0827. The summed E-state index contributed by atoms with van der Waals surface area (Å²) in [6, 6.07) is 7.71. The highest BCUT2D eigenvalue weighted by molar-refractivity contribution is 14.0. The van der Waals surface area contributed by atoms with Gasteiger partial charge in [0.05, 0.1) is 6.10 Å². The zero-order valence-corrected chi connectivity index (χ0v) is 17.6. The van der Waals surface area contributed by atoms with Gasteiger partial charge in [-0.15, -0.1) is 24.0 Å². The van der Waals surface area contributed by atoms with Gasteiger partial charge in [0.15, 0.2) is 5.96 Å². The predicted molar refractivity (Wildman–Crippen MR) is 112 cm³/mol. The maximum atomic E-state index is 12.0. The van der Waals surface area contributed by atoms with Crippen LogP contribution in [0.25, 0.3) is 0 Å².